The van der Waals surface area contributed by atoms with Gasteiger partial charge in [-0.25, -0.2) is 9.59 Å². The molecule has 0 unspecified atom stereocenters. The topological polar surface area (TPSA) is 84.9 Å². The van der Waals surface area contributed by atoms with E-state index in [0.29, 0.717) is 12.2 Å². The molecule has 3 aromatic carbocycles. The van der Waals surface area contributed by atoms with Crippen molar-refractivity contribution in [3.05, 3.63) is 89.0 Å². The molecule has 1 amide bonds. The molecule has 1 aliphatic heterocycles. The Hall–Kier alpha value is -3.80. The Morgan fingerprint density at radius 2 is 1.71 bits per heavy atom. The van der Waals surface area contributed by atoms with Gasteiger partial charge in [0.05, 0.1) is 6.61 Å². The number of carboxylic acids is 1. The molecule has 0 radical (unpaired) electrons. The second kappa shape index (κ2) is 7.80. The Kier molecular flexibility index (Phi) is 4.82. The fourth-order valence-corrected chi connectivity index (χ4v) is 4.43. The predicted molar refractivity (Wildman–Crippen MR) is 114 cm³/mol. The van der Waals surface area contributed by atoms with Crippen molar-refractivity contribution in [2.45, 2.75) is 18.4 Å². The van der Waals surface area contributed by atoms with Gasteiger partial charge >= 0.3 is 12.1 Å². The van der Waals surface area contributed by atoms with Crippen LogP contribution in [0.4, 0.5) is 4.79 Å². The maximum Gasteiger partial charge on any atom is 0.408 e. The van der Waals surface area contributed by atoms with Crippen molar-refractivity contribution in [1.29, 1.82) is 0 Å². The number of aliphatic carboxylic acids is 1. The van der Waals surface area contributed by atoms with E-state index in [-0.39, 0.29) is 12.5 Å². The summed E-state index contributed by atoms with van der Waals surface area (Å²) in [6, 6.07) is 20.1. The number of carboxylic acid groups (broad SMARTS) is 1. The third-order valence-electron chi connectivity index (χ3n) is 5.90. The number of amides is 1. The van der Waals surface area contributed by atoms with Crippen molar-refractivity contribution in [2.75, 3.05) is 13.2 Å². The predicted octanol–water partition coefficient (Wildman–Crippen LogP) is 4.29. The van der Waals surface area contributed by atoms with Gasteiger partial charge in [-0.05, 0) is 45.5 Å². The molecule has 3 aromatic rings. The van der Waals surface area contributed by atoms with E-state index in [4.69, 9.17) is 9.47 Å². The number of nitrogens with one attached hydrogen (secondary N) is 1. The molecule has 1 heterocycles. The lowest BCUT2D eigenvalue weighted by atomic mass is 9.98. The van der Waals surface area contributed by atoms with Crippen LogP contribution >= 0.6 is 0 Å². The largest absolute Gasteiger partial charge is 0.493 e. The normalized spacial score (nSPS) is 14.7. The van der Waals surface area contributed by atoms with Gasteiger partial charge in [0.15, 0.2) is 6.04 Å². The van der Waals surface area contributed by atoms with Crippen LogP contribution in [0.3, 0.4) is 0 Å². The monoisotopic (exact) mass is 415 g/mol. The molecule has 2 aliphatic rings. The lowest BCUT2D eigenvalue weighted by molar-refractivity contribution is -0.139. The van der Waals surface area contributed by atoms with Gasteiger partial charge in [0.25, 0.3) is 0 Å². The van der Waals surface area contributed by atoms with Crippen molar-refractivity contribution >= 4 is 12.1 Å². The summed E-state index contributed by atoms with van der Waals surface area (Å²) in [5.74, 6) is -0.472. The summed E-state index contributed by atoms with van der Waals surface area (Å²) in [5.41, 5.74) is 5.91. The molecule has 6 nitrogen and oxygen atoms in total. The SMILES string of the molecule is O=C(N[C@@H](C(=O)O)c1ccc2c(c1)CCO2)OCC1c2ccccc2-c2ccccc21. The van der Waals surface area contributed by atoms with Crippen LogP contribution in [0.25, 0.3) is 11.1 Å². The van der Waals surface area contributed by atoms with Crippen LogP contribution in [0.1, 0.15) is 34.2 Å². The van der Waals surface area contributed by atoms with E-state index in [1.54, 1.807) is 18.2 Å². The fourth-order valence-electron chi connectivity index (χ4n) is 4.43. The van der Waals surface area contributed by atoms with Gasteiger partial charge in [0.1, 0.15) is 12.4 Å². The number of fused-ring (bicyclic) bond motifs is 4. The summed E-state index contributed by atoms with van der Waals surface area (Å²) in [4.78, 5) is 24.3. The first-order valence-corrected chi connectivity index (χ1v) is 10.2. The molecule has 156 valence electrons. The summed E-state index contributed by atoms with van der Waals surface area (Å²) in [6.45, 7) is 0.709. The second-order valence-electron chi connectivity index (χ2n) is 7.71. The van der Waals surface area contributed by atoms with E-state index in [2.05, 4.69) is 17.4 Å². The molecular formula is C25H21NO5. The van der Waals surface area contributed by atoms with Gasteiger partial charge in [0.2, 0.25) is 0 Å². The van der Waals surface area contributed by atoms with Crippen LogP contribution in [0, 0.1) is 0 Å². The number of carbonyl (C=O) groups excluding carboxylic acids is 1. The smallest absolute Gasteiger partial charge is 0.408 e. The maximum absolute atomic E-state index is 12.5. The van der Waals surface area contributed by atoms with Gasteiger partial charge < -0.3 is 19.9 Å². The Morgan fingerprint density at radius 1 is 1.03 bits per heavy atom. The highest BCUT2D eigenvalue weighted by atomic mass is 16.5. The molecule has 1 atom stereocenters. The molecule has 31 heavy (non-hydrogen) atoms. The van der Waals surface area contributed by atoms with Crippen molar-refractivity contribution in [3.63, 3.8) is 0 Å². The number of carbonyl (C=O) groups is 2. The van der Waals surface area contributed by atoms with Crippen molar-refractivity contribution in [3.8, 4) is 16.9 Å². The molecule has 0 saturated carbocycles. The summed E-state index contributed by atoms with van der Waals surface area (Å²) >= 11 is 0. The first-order chi connectivity index (χ1) is 15.1. The number of ether oxygens (including phenoxy) is 2. The van der Waals surface area contributed by atoms with E-state index < -0.39 is 18.1 Å². The van der Waals surface area contributed by atoms with E-state index in [1.165, 1.54) is 0 Å². The van der Waals surface area contributed by atoms with Crippen LogP contribution in [-0.4, -0.2) is 30.4 Å². The second-order valence-corrected chi connectivity index (χ2v) is 7.71. The number of alkyl carbamates (subject to hydrolysis) is 1. The van der Waals surface area contributed by atoms with Crippen LogP contribution in [0.5, 0.6) is 5.75 Å². The maximum atomic E-state index is 12.5. The van der Waals surface area contributed by atoms with E-state index >= 15 is 0 Å². The minimum atomic E-state index is -1.19. The van der Waals surface area contributed by atoms with Crippen molar-refractivity contribution in [1.82, 2.24) is 5.32 Å². The van der Waals surface area contributed by atoms with E-state index in [0.717, 1.165) is 40.0 Å². The van der Waals surface area contributed by atoms with E-state index in [9.17, 15) is 14.7 Å². The molecule has 0 saturated heterocycles. The lowest BCUT2D eigenvalue weighted by Gasteiger charge is -2.18. The summed E-state index contributed by atoms with van der Waals surface area (Å²) < 4.78 is 11.0. The number of benzene rings is 3. The Morgan fingerprint density at radius 3 is 2.39 bits per heavy atom. The zero-order chi connectivity index (χ0) is 21.4. The molecule has 2 N–H and O–H groups in total. The van der Waals surface area contributed by atoms with Crippen LogP contribution < -0.4 is 10.1 Å². The summed E-state index contributed by atoms with van der Waals surface area (Å²) in [7, 11) is 0. The Labute approximate surface area is 179 Å². The van der Waals surface area contributed by atoms with Crippen LogP contribution in [0.15, 0.2) is 66.7 Å². The molecule has 5 rings (SSSR count). The lowest BCUT2D eigenvalue weighted by Crippen LogP contribution is -2.34. The zero-order valence-electron chi connectivity index (χ0n) is 16.7. The number of rotatable bonds is 5. The Bertz CT molecular complexity index is 1130. The van der Waals surface area contributed by atoms with E-state index in [1.807, 2.05) is 36.4 Å². The standard InChI is InChI=1S/C25H21NO5/c27-24(28)23(16-9-10-22-15(13-16)11-12-30-22)26-25(29)31-14-21-19-7-3-1-5-17(19)18-6-2-4-8-20(18)21/h1-10,13,21,23H,11-12,14H2,(H,26,29)(H,27,28)/t23-/m1/s1. The highest BCUT2D eigenvalue weighted by Gasteiger charge is 2.30. The van der Waals surface area contributed by atoms with Gasteiger partial charge in [-0.15, -0.1) is 0 Å². The average Bonchev–Trinajstić information content (AvgIpc) is 3.38. The third-order valence-corrected chi connectivity index (χ3v) is 5.90. The van der Waals surface area contributed by atoms with Crippen LogP contribution in [-0.2, 0) is 16.0 Å². The van der Waals surface area contributed by atoms with Crippen molar-refractivity contribution < 1.29 is 24.2 Å². The molecule has 0 spiro atoms. The van der Waals surface area contributed by atoms with Gasteiger partial charge in [0, 0.05) is 12.3 Å². The van der Waals surface area contributed by atoms with Gasteiger partial charge in [-0.3, -0.25) is 0 Å². The minimum absolute atomic E-state index is 0.0847. The molecule has 0 aromatic heterocycles. The molecule has 6 heteroatoms. The molecule has 1 aliphatic carbocycles. The highest BCUT2D eigenvalue weighted by molar-refractivity contribution is 5.82. The first kappa shape index (κ1) is 19.2. The van der Waals surface area contributed by atoms with Gasteiger partial charge in [-0.2, -0.15) is 0 Å². The first-order valence-electron chi connectivity index (χ1n) is 10.2. The third kappa shape index (κ3) is 3.50. The molecule has 0 bridgehead atoms. The highest BCUT2D eigenvalue weighted by Crippen LogP contribution is 2.44. The quantitative estimate of drug-likeness (QED) is 0.650. The number of hydrogen-bond acceptors (Lipinski definition) is 4. The zero-order valence-corrected chi connectivity index (χ0v) is 16.7. The Balaban J connectivity index is 1.31. The molecule has 0 fully saturated rings. The number of hydrogen-bond donors (Lipinski definition) is 2. The average molecular weight is 415 g/mol. The molecular weight excluding hydrogens is 394 g/mol. The van der Waals surface area contributed by atoms with Gasteiger partial charge in [-0.1, -0.05) is 54.6 Å². The summed E-state index contributed by atoms with van der Waals surface area (Å²) in [5, 5.41) is 12.2. The fraction of sp³-hybridized carbons (Fsp3) is 0.200. The van der Waals surface area contributed by atoms with Crippen molar-refractivity contribution in [2.24, 2.45) is 0 Å². The minimum Gasteiger partial charge on any atom is -0.493 e. The summed E-state index contributed by atoms with van der Waals surface area (Å²) in [6.07, 6.45) is -0.0356. The van der Waals surface area contributed by atoms with Crippen LogP contribution in [0.2, 0.25) is 0 Å².